The van der Waals surface area contributed by atoms with Gasteiger partial charge < -0.3 is 4.74 Å². The molecule has 98 valence electrons. The maximum Gasteiger partial charge on any atom is 0.338 e. The van der Waals surface area contributed by atoms with Crippen molar-refractivity contribution in [3.63, 3.8) is 0 Å². The zero-order valence-electron chi connectivity index (χ0n) is 10.7. The fourth-order valence-corrected chi connectivity index (χ4v) is 1.82. The first-order chi connectivity index (χ1) is 8.63. The number of hydrogen-bond acceptors (Lipinski definition) is 3. The van der Waals surface area contributed by atoms with Crippen LogP contribution in [-0.2, 0) is 11.2 Å². The number of benzene rings is 1. The summed E-state index contributed by atoms with van der Waals surface area (Å²) in [6, 6.07) is 5.25. The average molecular weight is 269 g/mol. The first kappa shape index (κ1) is 14.7. The number of carbonyl (C=O) groups is 2. The summed E-state index contributed by atoms with van der Waals surface area (Å²) in [7, 11) is 0. The lowest BCUT2D eigenvalue weighted by atomic mass is 9.98. The molecule has 0 saturated heterocycles. The fraction of sp³-hybridized carbons (Fsp3) is 0.429. The lowest BCUT2D eigenvalue weighted by Gasteiger charge is -2.09. The lowest BCUT2D eigenvalue weighted by molar-refractivity contribution is 0.0523. The Balaban J connectivity index is 3.15. The molecule has 18 heavy (non-hydrogen) atoms. The first-order valence-corrected chi connectivity index (χ1v) is 6.56. The summed E-state index contributed by atoms with van der Waals surface area (Å²) in [5, 5.41) is 0. The van der Waals surface area contributed by atoms with Crippen LogP contribution in [0.4, 0.5) is 0 Å². The van der Waals surface area contributed by atoms with Crippen molar-refractivity contribution in [2.75, 3.05) is 12.5 Å². The van der Waals surface area contributed by atoms with Crippen molar-refractivity contribution in [3.05, 3.63) is 34.9 Å². The molecule has 0 fully saturated rings. The summed E-state index contributed by atoms with van der Waals surface area (Å²) in [5.41, 5.74) is 1.73. The van der Waals surface area contributed by atoms with Gasteiger partial charge in [-0.05, 0) is 25.0 Å². The molecular weight excluding hydrogens is 252 g/mol. The van der Waals surface area contributed by atoms with Crippen molar-refractivity contribution in [3.8, 4) is 0 Å². The molecule has 0 atom stereocenters. The second-order valence-corrected chi connectivity index (χ2v) is 4.19. The molecule has 0 heterocycles. The maximum absolute atomic E-state index is 11.9. The summed E-state index contributed by atoms with van der Waals surface area (Å²) < 4.78 is 4.97. The van der Waals surface area contributed by atoms with Crippen LogP contribution in [0.15, 0.2) is 18.2 Å². The fourth-order valence-electron chi connectivity index (χ4n) is 1.65. The van der Waals surface area contributed by atoms with E-state index in [0.29, 0.717) is 17.7 Å². The largest absolute Gasteiger partial charge is 0.462 e. The highest BCUT2D eigenvalue weighted by atomic mass is 35.5. The van der Waals surface area contributed by atoms with E-state index in [0.717, 1.165) is 12.0 Å². The summed E-state index contributed by atoms with van der Waals surface area (Å²) in [6.45, 7) is 4.02. The molecule has 1 aromatic carbocycles. The highest BCUT2D eigenvalue weighted by Crippen LogP contribution is 2.16. The molecule has 0 spiro atoms. The first-order valence-electron chi connectivity index (χ1n) is 6.03. The van der Waals surface area contributed by atoms with Crippen LogP contribution in [0.3, 0.4) is 0 Å². The molecular formula is C14H17ClO3. The minimum atomic E-state index is -0.453. The van der Waals surface area contributed by atoms with Crippen LogP contribution >= 0.6 is 11.6 Å². The Hall–Kier alpha value is -1.35. The Morgan fingerprint density at radius 2 is 1.94 bits per heavy atom. The summed E-state index contributed by atoms with van der Waals surface area (Å²) in [4.78, 5) is 23.7. The number of Topliss-reactive ketones (excluding diaryl/α,β-unsaturated/α-hetero) is 1. The van der Waals surface area contributed by atoms with Gasteiger partial charge in [-0.2, -0.15) is 0 Å². The van der Waals surface area contributed by atoms with Gasteiger partial charge in [-0.15, -0.1) is 11.6 Å². The van der Waals surface area contributed by atoms with Crippen molar-refractivity contribution in [2.24, 2.45) is 0 Å². The van der Waals surface area contributed by atoms with Gasteiger partial charge in [0.25, 0.3) is 0 Å². The van der Waals surface area contributed by atoms with E-state index in [9.17, 15) is 9.59 Å². The molecule has 0 radical (unpaired) electrons. The van der Waals surface area contributed by atoms with Gasteiger partial charge >= 0.3 is 5.97 Å². The van der Waals surface area contributed by atoms with Crippen molar-refractivity contribution < 1.29 is 14.3 Å². The lowest BCUT2D eigenvalue weighted by Crippen LogP contribution is -2.13. The third kappa shape index (κ3) is 3.57. The zero-order valence-corrected chi connectivity index (χ0v) is 11.4. The van der Waals surface area contributed by atoms with Crippen LogP contribution in [0.25, 0.3) is 0 Å². The average Bonchev–Trinajstić information content (AvgIpc) is 2.38. The number of alkyl halides is 1. The molecule has 0 amide bonds. The highest BCUT2D eigenvalue weighted by molar-refractivity contribution is 6.20. The molecule has 0 aliphatic rings. The molecule has 3 nitrogen and oxygen atoms in total. The number of ketones is 1. The van der Waals surface area contributed by atoms with E-state index >= 15 is 0 Å². The van der Waals surface area contributed by atoms with E-state index in [2.05, 4.69) is 0 Å². The number of ether oxygens (including phenoxy) is 1. The van der Waals surface area contributed by atoms with Crippen molar-refractivity contribution in [1.82, 2.24) is 0 Å². The molecule has 0 aliphatic carbocycles. The monoisotopic (exact) mass is 268 g/mol. The Labute approximate surface area is 112 Å². The van der Waals surface area contributed by atoms with E-state index in [-0.39, 0.29) is 18.1 Å². The Bertz CT molecular complexity index is 441. The molecule has 1 aromatic rings. The van der Waals surface area contributed by atoms with E-state index in [1.807, 2.05) is 13.0 Å². The topological polar surface area (TPSA) is 43.4 Å². The molecule has 0 N–H and O–H groups in total. The van der Waals surface area contributed by atoms with Crippen LogP contribution < -0.4 is 0 Å². The van der Waals surface area contributed by atoms with E-state index in [4.69, 9.17) is 16.3 Å². The molecule has 0 aliphatic heterocycles. The minimum absolute atomic E-state index is 0.129. The number of halogens is 1. The van der Waals surface area contributed by atoms with Crippen LogP contribution in [-0.4, -0.2) is 24.2 Å². The normalized spacial score (nSPS) is 10.2. The molecule has 0 unspecified atom stereocenters. The van der Waals surface area contributed by atoms with Gasteiger partial charge in [0.05, 0.1) is 12.2 Å². The zero-order chi connectivity index (χ0) is 13.5. The van der Waals surface area contributed by atoms with Crippen molar-refractivity contribution in [1.29, 1.82) is 0 Å². The summed E-state index contributed by atoms with van der Waals surface area (Å²) in [5.74, 6) is -0.335. The smallest absolute Gasteiger partial charge is 0.338 e. The maximum atomic E-state index is 11.9. The Kier molecular flexibility index (Phi) is 5.86. The second kappa shape index (κ2) is 7.17. The minimum Gasteiger partial charge on any atom is -0.462 e. The molecule has 1 rings (SSSR count). The van der Waals surface area contributed by atoms with Gasteiger partial charge in [-0.3, -0.25) is 4.79 Å². The SMILES string of the molecule is CCOC(=O)c1cc(CC)ccc1C(=O)CCCl. The summed E-state index contributed by atoms with van der Waals surface area (Å²) >= 11 is 5.56. The molecule has 4 heteroatoms. The van der Waals surface area contributed by atoms with E-state index in [1.165, 1.54) is 0 Å². The highest BCUT2D eigenvalue weighted by Gasteiger charge is 2.18. The predicted molar refractivity (Wildman–Crippen MR) is 71.4 cm³/mol. The van der Waals surface area contributed by atoms with E-state index in [1.54, 1.807) is 19.1 Å². The van der Waals surface area contributed by atoms with Gasteiger partial charge in [-0.1, -0.05) is 19.1 Å². The van der Waals surface area contributed by atoms with Crippen LogP contribution in [0.2, 0.25) is 0 Å². The third-order valence-corrected chi connectivity index (χ3v) is 2.80. The Morgan fingerprint density at radius 3 is 2.50 bits per heavy atom. The van der Waals surface area contributed by atoms with Crippen LogP contribution in [0, 0.1) is 0 Å². The number of esters is 1. The number of aryl methyl sites for hydroxylation is 1. The quantitative estimate of drug-likeness (QED) is 0.452. The van der Waals surface area contributed by atoms with Crippen molar-refractivity contribution >= 4 is 23.4 Å². The molecule has 0 saturated carbocycles. The Morgan fingerprint density at radius 1 is 1.22 bits per heavy atom. The van der Waals surface area contributed by atoms with Gasteiger partial charge in [0.2, 0.25) is 0 Å². The van der Waals surface area contributed by atoms with Gasteiger partial charge in [0.15, 0.2) is 5.78 Å². The standard InChI is InChI=1S/C14H17ClO3/c1-3-10-5-6-11(13(16)7-8-15)12(9-10)14(17)18-4-2/h5-6,9H,3-4,7-8H2,1-2H3. The van der Waals surface area contributed by atoms with Gasteiger partial charge in [-0.25, -0.2) is 4.79 Å². The van der Waals surface area contributed by atoms with Crippen LogP contribution in [0.5, 0.6) is 0 Å². The number of rotatable bonds is 6. The van der Waals surface area contributed by atoms with Gasteiger partial charge in [0.1, 0.15) is 0 Å². The number of carbonyl (C=O) groups excluding carboxylic acids is 2. The number of hydrogen-bond donors (Lipinski definition) is 0. The predicted octanol–water partition coefficient (Wildman–Crippen LogP) is 3.24. The second-order valence-electron chi connectivity index (χ2n) is 3.82. The summed E-state index contributed by atoms with van der Waals surface area (Å²) in [6.07, 6.45) is 1.02. The molecule has 0 bridgehead atoms. The van der Waals surface area contributed by atoms with Crippen molar-refractivity contribution in [2.45, 2.75) is 26.7 Å². The van der Waals surface area contributed by atoms with Crippen LogP contribution in [0.1, 0.15) is 46.5 Å². The molecule has 0 aromatic heterocycles. The van der Waals surface area contributed by atoms with Gasteiger partial charge in [0, 0.05) is 17.9 Å². The third-order valence-electron chi connectivity index (χ3n) is 2.61. The van der Waals surface area contributed by atoms with E-state index < -0.39 is 5.97 Å².